The summed E-state index contributed by atoms with van der Waals surface area (Å²) < 4.78 is 29.3. The number of hydrogen-bond acceptors (Lipinski definition) is 5. The third-order valence-corrected chi connectivity index (χ3v) is 7.61. The second-order valence-corrected chi connectivity index (χ2v) is 9.42. The Morgan fingerprint density at radius 2 is 1.96 bits per heavy atom. The van der Waals surface area contributed by atoms with Crippen molar-refractivity contribution in [3.8, 4) is 0 Å². The third-order valence-electron chi connectivity index (χ3n) is 4.34. The van der Waals surface area contributed by atoms with Crippen molar-refractivity contribution in [1.29, 1.82) is 0 Å². The highest BCUT2D eigenvalue weighted by atomic mass is 32.2. The first-order valence-electron chi connectivity index (χ1n) is 8.25. The Kier molecular flexibility index (Phi) is 5.39. The fourth-order valence-electron chi connectivity index (χ4n) is 2.99. The molecular formula is C16H24N4O2S2. The summed E-state index contributed by atoms with van der Waals surface area (Å²) in [7, 11) is -3.31. The molecule has 0 unspecified atom stereocenters. The summed E-state index contributed by atoms with van der Waals surface area (Å²) in [6, 6.07) is 3.46. The Morgan fingerprint density at radius 3 is 2.58 bits per heavy atom. The molecule has 1 fully saturated rings. The average Bonchev–Trinajstić information content (AvgIpc) is 3.25. The highest BCUT2D eigenvalue weighted by Gasteiger charge is 2.28. The van der Waals surface area contributed by atoms with Crippen molar-refractivity contribution in [2.75, 3.05) is 32.7 Å². The topological polar surface area (TPSA) is 58.4 Å². The molecule has 3 heterocycles. The molecule has 1 aliphatic rings. The van der Waals surface area contributed by atoms with Gasteiger partial charge in [-0.25, -0.2) is 13.4 Å². The van der Waals surface area contributed by atoms with E-state index in [4.69, 9.17) is 0 Å². The minimum atomic E-state index is -3.31. The standard InChI is InChI=1S/C16H24N4O2S2/c1-14(2)16-17-5-6-19(16)10-7-18-8-11-20(12-9-18)24(21,22)15-4-3-13-23-15/h3-6,13-14H,7-12H2,1-2H3. The number of imidazole rings is 1. The minimum Gasteiger partial charge on any atom is -0.333 e. The summed E-state index contributed by atoms with van der Waals surface area (Å²) in [6.07, 6.45) is 3.87. The number of aromatic nitrogens is 2. The molecule has 1 aliphatic heterocycles. The zero-order valence-corrected chi connectivity index (χ0v) is 15.8. The fraction of sp³-hybridized carbons (Fsp3) is 0.562. The van der Waals surface area contributed by atoms with E-state index in [1.165, 1.54) is 11.3 Å². The van der Waals surface area contributed by atoms with Gasteiger partial charge in [-0.05, 0) is 11.4 Å². The summed E-state index contributed by atoms with van der Waals surface area (Å²) in [4.78, 5) is 6.73. The third kappa shape index (κ3) is 3.72. The van der Waals surface area contributed by atoms with Crippen molar-refractivity contribution in [1.82, 2.24) is 18.8 Å². The van der Waals surface area contributed by atoms with Crippen molar-refractivity contribution in [2.45, 2.75) is 30.5 Å². The van der Waals surface area contributed by atoms with E-state index in [1.807, 2.05) is 12.4 Å². The van der Waals surface area contributed by atoms with Crippen LogP contribution in [0.4, 0.5) is 0 Å². The molecule has 8 heteroatoms. The summed E-state index contributed by atoms with van der Waals surface area (Å²) in [5.41, 5.74) is 0. The molecular weight excluding hydrogens is 344 g/mol. The molecule has 0 atom stereocenters. The second kappa shape index (κ2) is 7.35. The zero-order chi connectivity index (χ0) is 17.2. The second-order valence-electron chi connectivity index (χ2n) is 6.31. The van der Waals surface area contributed by atoms with Crippen LogP contribution < -0.4 is 0 Å². The van der Waals surface area contributed by atoms with Crippen LogP contribution in [0, 0.1) is 0 Å². The monoisotopic (exact) mass is 368 g/mol. The van der Waals surface area contributed by atoms with Gasteiger partial charge in [-0.3, -0.25) is 4.90 Å². The molecule has 3 rings (SSSR count). The number of thiophene rings is 1. The van der Waals surface area contributed by atoms with Crippen LogP contribution >= 0.6 is 11.3 Å². The van der Waals surface area contributed by atoms with Crippen LogP contribution in [0.25, 0.3) is 0 Å². The molecule has 0 spiro atoms. The number of hydrogen-bond donors (Lipinski definition) is 0. The van der Waals surface area contributed by atoms with Crippen LogP contribution in [0.1, 0.15) is 25.6 Å². The van der Waals surface area contributed by atoms with Gasteiger partial charge in [0, 0.05) is 57.6 Å². The lowest BCUT2D eigenvalue weighted by Crippen LogP contribution is -2.49. The Labute approximate surface area is 147 Å². The lowest BCUT2D eigenvalue weighted by Gasteiger charge is -2.33. The van der Waals surface area contributed by atoms with E-state index in [0.717, 1.165) is 32.0 Å². The molecule has 0 aliphatic carbocycles. The molecule has 6 nitrogen and oxygen atoms in total. The molecule has 24 heavy (non-hydrogen) atoms. The number of piperazine rings is 1. The van der Waals surface area contributed by atoms with Gasteiger partial charge in [-0.2, -0.15) is 4.31 Å². The molecule has 0 bridgehead atoms. The Hall–Kier alpha value is -1.22. The summed E-state index contributed by atoms with van der Waals surface area (Å²) in [5, 5.41) is 1.81. The van der Waals surface area contributed by atoms with Crippen molar-refractivity contribution in [3.63, 3.8) is 0 Å². The van der Waals surface area contributed by atoms with E-state index >= 15 is 0 Å². The predicted octanol–water partition coefficient (Wildman–Crippen LogP) is 2.07. The zero-order valence-electron chi connectivity index (χ0n) is 14.1. The fourth-order valence-corrected chi connectivity index (χ4v) is 5.56. The van der Waals surface area contributed by atoms with Crippen LogP contribution in [0.2, 0.25) is 0 Å². The minimum absolute atomic E-state index is 0.410. The first-order valence-corrected chi connectivity index (χ1v) is 10.6. The molecule has 0 aromatic carbocycles. The molecule has 0 saturated carbocycles. The van der Waals surface area contributed by atoms with E-state index in [9.17, 15) is 8.42 Å². The van der Waals surface area contributed by atoms with Gasteiger partial charge in [0.25, 0.3) is 10.0 Å². The molecule has 2 aromatic rings. The van der Waals surface area contributed by atoms with Crippen molar-refractivity contribution < 1.29 is 8.42 Å². The number of rotatable bonds is 6. The molecule has 2 aromatic heterocycles. The predicted molar refractivity (Wildman–Crippen MR) is 95.8 cm³/mol. The van der Waals surface area contributed by atoms with Gasteiger partial charge in [0.2, 0.25) is 0 Å². The van der Waals surface area contributed by atoms with Crippen molar-refractivity contribution in [3.05, 3.63) is 35.7 Å². The Morgan fingerprint density at radius 1 is 1.21 bits per heavy atom. The summed E-state index contributed by atoms with van der Waals surface area (Å²) >= 11 is 1.28. The van der Waals surface area contributed by atoms with E-state index in [2.05, 4.69) is 28.3 Å². The normalized spacial score (nSPS) is 17.6. The lowest BCUT2D eigenvalue weighted by molar-refractivity contribution is 0.182. The number of nitrogens with zero attached hydrogens (tertiary/aromatic N) is 4. The highest BCUT2D eigenvalue weighted by Crippen LogP contribution is 2.22. The van der Waals surface area contributed by atoms with Crippen LogP contribution in [0.5, 0.6) is 0 Å². The lowest BCUT2D eigenvalue weighted by atomic mass is 10.2. The number of sulfonamides is 1. The average molecular weight is 369 g/mol. The van der Waals surface area contributed by atoms with E-state index in [-0.39, 0.29) is 0 Å². The molecule has 132 valence electrons. The van der Waals surface area contributed by atoms with E-state index < -0.39 is 10.0 Å². The molecule has 0 amide bonds. The maximum absolute atomic E-state index is 12.5. The van der Waals surface area contributed by atoms with Crippen molar-refractivity contribution in [2.24, 2.45) is 0 Å². The van der Waals surface area contributed by atoms with E-state index in [0.29, 0.717) is 23.2 Å². The smallest absolute Gasteiger partial charge is 0.252 e. The molecule has 1 saturated heterocycles. The quantitative estimate of drug-likeness (QED) is 0.783. The van der Waals surface area contributed by atoms with Crippen LogP contribution in [0.15, 0.2) is 34.1 Å². The van der Waals surface area contributed by atoms with Gasteiger partial charge in [0.15, 0.2) is 0 Å². The van der Waals surface area contributed by atoms with Crippen molar-refractivity contribution >= 4 is 21.4 Å². The van der Waals surface area contributed by atoms with Gasteiger partial charge in [-0.1, -0.05) is 19.9 Å². The van der Waals surface area contributed by atoms with Gasteiger partial charge in [-0.15, -0.1) is 11.3 Å². The van der Waals surface area contributed by atoms with Gasteiger partial charge in [0.05, 0.1) is 0 Å². The van der Waals surface area contributed by atoms with E-state index in [1.54, 1.807) is 21.8 Å². The van der Waals surface area contributed by atoms with Gasteiger partial charge < -0.3 is 4.57 Å². The van der Waals surface area contributed by atoms with Crippen LogP contribution in [-0.2, 0) is 16.6 Å². The summed E-state index contributed by atoms with van der Waals surface area (Å²) in [5.74, 6) is 1.52. The summed E-state index contributed by atoms with van der Waals surface area (Å²) in [6.45, 7) is 8.77. The molecule has 0 N–H and O–H groups in total. The molecule has 0 radical (unpaired) electrons. The maximum Gasteiger partial charge on any atom is 0.252 e. The largest absolute Gasteiger partial charge is 0.333 e. The Bertz CT molecular complexity index is 745. The van der Waals surface area contributed by atoms with Gasteiger partial charge in [0.1, 0.15) is 10.0 Å². The van der Waals surface area contributed by atoms with Crippen LogP contribution in [-0.4, -0.2) is 59.9 Å². The SMILES string of the molecule is CC(C)c1nccn1CCN1CCN(S(=O)(=O)c2cccs2)CC1. The van der Waals surface area contributed by atoms with Gasteiger partial charge >= 0.3 is 0 Å². The maximum atomic E-state index is 12.5. The first-order chi connectivity index (χ1) is 11.5. The highest BCUT2D eigenvalue weighted by molar-refractivity contribution is 7.91. The van der Waals surface area contributed by atoms with Crippen LogP contribution in [0.3, 0.4) is 0 Å². The first kappa shape index (κ1) is 17.6. The Balaban J connectivity index is 1.53.